The Morgan fingerprint density at radius 3 is 2.62 bits per heavy atom. The van der Waals surface area contributed by atoms with E-state index in [2.05, 4.69) is 46.5 Å². The lowest BCUT2D eigenvalue weighted by Crippen LogP contribution is -2.51. The van der Waals surface area contributed by atoms with Gasteiger partial charge in [-0.3, -0.25) is 9.59 Å². The third kappa shape index (κ3) is 3.71. The molecule has 2 saturated carbocycles. The maximum atomic E-state index is 13.2. The molecule has 0 spiro atoms. The summed E-state index contributed by atoms with van der Waals surface area (Å²) in [6, 6.07) is 0. The van der Waals surface area contributed by atoms with E-state index in [0.717, 1.165) is 32.1 Å². The van der Waals surface area contributed by atoms with E-state index >= 15 is 0 Å². The number of hydrogen-bond acceptors (Lipinski definition) is 4. The largest absolute Gasteiger partial charge is 0.504 e. The van der Waals surface area contributed by atoms with Crippen LogP contribution in [0, 0.1) is 28.6 Å². The number of rotatable bonds is 5. The molecule has 0 aromatic heterocycles. The van der Waals surface area contributed by atoms with Crippen LogP contribution in [0.15, 0.2) is 35.3 Å². The van der Waals surface area contributed by atoms with Crippen LogP contribution in [0.1, 0.15) is 73.1 Å². The van der Waals surface area contributed by atoms with Crippen molar-refractivity contribution in [2.45, 2.75) is 73.1 Å². The molecule has 0 amide bonds. The van der Waals surface area contributed by atoms with E-state index in [1.807, 2.05) is 0 Å². The van der Waals surface area contributed by atoms with Crippen LogP contribution in [-0.4, -0.2) is 23.2 Å². The highest BCUT2D eigenvalue weighted by Gasteiger charge is 2.54. The van der Waals surface area contributed by atoms with Crippen molar-refractivity contribution in [3.8, 4) is 0 Å². The molecule has 160 valence electrons. The fourth-order valence-electron chi connectivity index (χ4n) is 5.94. The molecule has 0 aromatic carbocycles. The monoisotopic (exact) mass is 399 g/mol. The number of carbonyl (C=O) groups excluding carboxylic acids is 2. The van der Waals surface area contributed by atoms with Crippen LogP contribution in [0.4, 0.5) is 0 Å². The summed E-state index contributed by atoms with van der Waals surface area (Å²) in [4.78, 5) is 25.6. The summed E-state index contributed by atoms with van der Waals surface area (Å²) in [5, 5.41) is 13.7. The Bertz CT molecular complexity index is 790. The zero-order valence-corrected chi connectivity index (χ0v) is 18.7. The van der Waals surface area contributed by atoms with Crippen molar-refractivity contribution in [3.63, 3.8) is 0 Å². The number of aliphatic hydroxyl groups excluding tert-OH is 1. The SMILES string of the molecule is C=C1CCCC2C1(C)CCC(C)C2(C)CC1=C(O)C(=O)C=C(NCC(C)C)C1=O. The summed E-state index contributed by atoms with van der Waals surface area (Å²) in [6.07, 6.45) is 7.22. The molecule has 0 heterocycles. The number of nitrogens with one attached hydrogen (secondary N) is 1. The van der Waals surface area contributed by atoms with Gasteiger partial charge in [-0.2, -0.15) is 0 Å². The average Bonchev–Trinajstić information content (AvgIpc) is 2.66. The second-order valence-electron chi connectivity index (χ2n) is 10.4. The van der Waals surface area contributed by atoms with E-state index in [9.17, 15) is 14.7 Å². The molecule has 3 aliphatic carbocycles. The van der Waals surface area contributed by atoms with Crippen molar-refractivity contribution in [1.82, 2.24) is 5.32 Å². The molecule has 4 atom stereocenters. The highest BCUT2D eigenvalue weighted by molar-refractivity contribution is 6.21. The van der Waals surface area contributed by atoms with Gasteiger partial charge in [0.05, 0.1) is 5.70 Å². The van der Waals surface area contributed by atoms with Gasteiger partial charge in [0.25, 0.3) is 0 Å². The summed E-state index contributed by atoms with van der Waals surface area (Å²) in [5.41, 5.74) is 1.86. The van der Waals surface area contributed by atoms with E-state index in [0.29, 0.717) is 42.0 Å². The van der Waals surface area contributed by atoms with Gasteiger partial charge in [-0.05, 0) is 67.1 Å². The average molecular weight is 400 g/mol. The second-order valence-corrected chi connectivity index (χ2v) is 10.4. The van der Waals surface area contributed by atoms with E-state index < -0.39 is 5.78 Å². The maximum absolute atomic E-state index is 13.2. The third-order valence-electron chi connectivity index (χ3n) is 8.14. The fourth-order valence-corrected chi connectivity index (χ4v) is 5.94. The van der Waals surface area contributed by atoms with Crippen LogP contribution < -0.4 is 5.32 Å². The third-order valence-corrected chi connectivity index (χ3v) is 8.14. The molecular weight excluding hydrogens is 362 g/mol. The van der Waals surface area contributed by atoms with E-state index in [1.165, 1.54) is 11.6 Å². The molecule has 4 heteroatoms. The molecule has 4 nitrogen and oxygen atoms in total. The molecule has 0 saturated heterocycles. The number of Topliss-reactive ketones (excluding diaryl/α,β-unsaturated/α-hetero) is 1. The minimum atomic E-state index is -0.464. The standard InChI is InChI=1S/C25H37NO3/c1-15(2)14-26-19-12-20(27)23(29)18(22(19)28)13-25(6)17(4)10-11-24(5)16(3)8-7-9-21(24)25/h12,15,17,21,26,29H,3,7-11,13-14H2,1-2,4-6H3. The number of fused-ring (bicyclic) bond motifs is 1. The molecule has 3 aliphatic rings. The molecular formula is C25H37NO3. The predicted molar refractivity (Wildman–Crippen MR) is 116 cm³/mol. The van der Waals surface area contributed by atoms with Crippen molar-refractivity contribution in [2.75, 3.05) is 6.54 Å². The number of carbonyl (C=O) groups is 2. The van der Waals surface area contributed by atoms with Crippen LogP contribution in [0.5, 0.6) is 0 Å². The maximum Gasteiger partial charge on any atom is 0.222 e. The van der Waals surface area contributed by atoms with Gasteiger partial charge >= 0.3 is 0 Å². The molecule has 0 aromatic rings. The van der Waals surface area contributed by atoms with Gasteiger partial charge in [0, 0.05) is 18.2 Å². The molecule has 0 bridgehead atoms. The van der Waals surface area contributed by atoms with Crippen LogP contribution in [0.3, 0.4) is 0 Å². The van der Waals surface area contributed by atoms with Gasteiger partial charge in [0.1, 0.15) is 0 Å². The lowest BCUT2D eigenvalue weighted by atomic mass is 9.46. The fraction of sp³-hybridized carbons (Fsp3) is 0.680. The molecule has 0 aliphatic heterocycles. The molecule has 4 unspecified atom stereocenters. The second kappa shape index (κ2) is 7.77. The molecule has 2 fully saturated rings. The highest BCUT2D eigenvalue weighted by Crippen LogP contribution is 2.63. The normalized spacial score (nSPS) is 35.7. The predicted octanol–water partition coefficient (Wildman–Crippen LogP) is 5.27. The van der Waals surface area contributed by atoms with Crippen molar-refractivity contribution in [3.05, 3.63) is 35.3 Å². The Morgan fingerprint density at radius 1 is 1.28 bits per heavy atom. The Kier molecular flexibility index (Phi) is 5.86. The topological polar surface area (TPSA) is 66.4 Å². The summed E-state index contributed by atoms with van der Waals surface area (Å²) in [5.74, 6) is 0.118. The summed E-state index contributed by atoms with van der Waals surface area (Å²) in [6.45, 7) is 16.0. The first-order chi connectivity index (χ1) is 13.5. The van der Waals surface area contributed by atoms with Crippen LogP contribution in [-0.2, 0) is 9.59 Å². The van der Waals surface area contributed by atoms with Crippen molar-refractivity contribution in [2.24, 2.45) is 28.6 Å². The van der Waals surface area contributed by atoms with Crippen LogP contribution in [0.25, 0.3) is 0 Å². The van der Waals surface area contributed by atoms with Crippen molar-refractivity contribution < 1.29 is 14.7 Å². The zero-order chi connectivity index (χ0) is 21.6. The van der Waals surface area contributed by atoms with E-state index in [1.54, 1.807) is 0 Å². The van der Waals surface area contributed by atoms with Crippen LogP contribution >= 0.6 is 0 Å². The Morgan fingerprint density at radius 2 is 1.97 bits per heavy atom. The van der Waals surface area contributed by atoms with Gasteiger partial charge < -0.3 is 10.4 Å². The number of ketones is 2. The smallest absolute Gasteiger partial charge is 0.222 e. The minimum absolute atomic E-state index is 0.0754. The van der Waals surface area contributed by atoms with Gasteiger partial charge in [-0.15, -0.1) is 0 Å². The number of hydrogen-bond donors (Lipinski definition) is 2. The molecule has 2 N–H and O–H groups in total. The summed E-state index contributed by atoms with van der Waals surface area (Å²) >= 11 is 0. The lowest BCUT2D eigenvalue weighted by molar-refractivity contribution is -0.119. The first-order valence-electron chi connectivity index (χ1n) is 11.2. The summed E-state index contributed by atoms with van der Waals surface area (Å²) < 4.78 is 0. The molecule has 29 heavy (non-hydrogen) atoms. The molecule has 0 radical (unpaired) electrons. The number of aliphatic hydroxyl groups is 1. The first-order valence-corrected chi connectivity index (χ1v) is 11.2. The first kappa shape index (κ1) is 21.9. The van der Waals surface area contributed by atoms with E-state index in [4.69, 9.17) is 0 Å². The van der Waals surface area contributed by atoms with Gasteiger partial charge in [0.15, 0.2) is 5.76 Å². The van der Waals surface area contributed by atoms with Gasteiger partial charge in [-0.1, -0.05) is 46.8 Å². The zero-order valence-electron chi connectivity index (χ0n) is 18.7. The Labute approximate surface area is 175 Å². The van der Waals surface area contributed by atoms with Crippen molar-refractivity contribution in [1.29, 1.82) is 0 Å². The van der Waals surface area contributed by atoms with Crippen LogP contribution in [0.2, 0.25) is 0 Å². The Hall–Kier alpha value is -1.84. The van der Waals surface area contributed by atoms with Crippen molar-refractivity contribution >= 4 is 11.6 Å². The van der Waals surface area contributed by atoms with Gasteiger partial charge in [0.2, 0.25) is 11.6 Å². The quantitative estimate of drug-likeness (QED) is 0.488. The van der Waals surface area contributed by atoms with Gasteiger partial charge in [-0.25, -0.2) is 0 Å². The van der Waals surface area contributed by atoms with E-state index in [-0.39, 0.29) is 22.4 Å². The summed E-state index contributed by atoms with van der Waals surface area (Å²) in [7, 11) is 0. The lowest BCUT2D eigenvalue weighted by Gasteiger charge is -2.59. The molecule has 3 rings (SSSR count). The Balaban J connectivity index is 1.93. The number of allylic oxidation sites excluding steroid dienone is 3. The minimum Gasteiger partial charge on any atom is -0.504 e. The highest BCUT2D eigenvalue weighted by atomic mass is 16.3.